The SMILES string of the molecule is CCc1noc(C)c1C(=O)NCC1(N2CCOCC2)CCCCC1. The fourth-order valence-corrected chi connectivity index (χ4v) is 4.14. The summed E-state index contributed by atoms with van der Waals surface area (Å²) in [5.74, 6) is 0.553. The molecule has 2 heterocycles. The molecule has 1 N–H and O–H groups in total. The third-order valence-electron chi connectivity index (χ3n) is 5.54. The van der Waals surface area contributed by atoms with Crippen molar-refractivity contribution in [2.75, 3.05) is 32.8 Å². The smallest absolute Gasteiger partial charge is 0.256 e. The fourth-order valence-electron chi connectivity index (χ4n) is 4.14. The molecule has 1 saturated heterocycles. The summed E-state index contributed by atoms with van der Waals surface area (Å²) in [7, 11) is 0. The van der Waals surface area contributed by atoms with Gasteiger partial charge in [-0.1, -0.05) is 31.3 Å². The molecule has 2 aliphatic rings. The van der Waals surface area contributed by atoms with Crippen molar-refractivity contribution in [3.05, 3.63) is 17.0 Å². The van der Waals surface area contributed by atoms with Crippen LogP contribution >= 0.6 is 0 Å². The van der Waals surface area contributed by atoms with Crippen LogP contribution in [0.1, 0.15) is 60.8 Å². The second-order valence-electron chi connectivity index (χ2n) is 6.98. The monoisotopic (exact) mass is 335 g/mol. The molecule has 1 aliphatic heterocycles. The van der Waals surface area contributed by atoms with Gasteiger partial charge in [0, 0.05) is 25.2 Å². The first-order valence-electron chi connectivity index (χ1n) is 9.22. The number of hydrogen-bond donors (Lipinski definition) is 1. The van der Waals surface area contributed by atoms with E-state index in [1.807, 2.05) is 6.92 Å². The fraction of sp³-hybridized carbons (Fsp3) is 0.778. The van der Waals surface area contributed by atoms with E-state index >= 15 is 0 Å². The van der Waals surface area contributed by atoms with Gasteiger partial charge in [-0.3, -0.25) is 9.69 Å². The van der Waals surface area contributed by atoms with Crippen LogP contribution in [0.3, 0.4) is 0 Å². The third-order valence-corrected chi connectivity index (χ3v) is 5.54. The largest absolute Gasteiger partial charge is 0.379 e. The van der Waals surface area contributed by atoms with E-state index in [0.29, 0.717) is 24.3 Å². The topological polar surface area (TPSA) is 67.6 Å². The quantitative estimate of drug-likeness (QED) is 0.894. The summed E-state index contributed by atoms with van der Waals surface area (Å²) in [6.07, 6.45) is 6.77. The van der Waals surface area contributed by atoms with Gasteiger partial charge in [-0.15, -0.1) is 0 Å². The summed E-state index contributed by atoms with van der Waals surface area (Å²) in [5, 5.41) is 7.18. The van der Waals surface area contributed by atoms with Crippen molar-refractivity contribution in [3.63, 3.8) is 0 Å². The van der Waals surface area contributed by atoms with Crippen molar-refractivity contribution < 1.29 is 14.1 Å². The molecule has 0 aromatic carbocycles. The number of nitrogens with one attached hydrogen (secondary N) is 1. The molecule has 0 spiro atoms. The maximum atomic E-state index is 12.7. The van der Waals surface area contributed by atoms with Gasteiger partial charge in [0.1, 0.15) is 11.3 Å². The van der Waals surface area contributed by atoms with Gasteiger partial charge in [0.25, 0.3) is 5.91 Å². The van der Waals surface area contributed by atoms with Gasteiger partial charge in [0.15, 0.2) is 0 Å². The van der Waals surface area contributed by atoms with E-state index < -0.39 is 0 Å². The first-order valence-corrected chi connectivity index (χ1v) is 9.22. The molecular formula is C18H29N3O3. The molecule has 1 aromatic heterocycles. The van der Waals surface area contributed by atoms with E-state index in [1.165, 1.54) is 19.3 Å². The van der Waals surface area contributed by atoms with Crippen LogP contribution in [0.2, 0.25) is 0 Å². The zero-order valence-corrected chi connectivity index (χ0v) is 14.9. The van der Waals surface area contributed by atoms with Crippen molar-refractivity contribution in [1.29, 1.82) is 0 Å². The van der Waals surface area contributed by atoms with E-state index in [9.17, 15) is 4.79 Å². The average molecular weight is 335 g/mol. The lowest BCUT2D eigenvalue weighted by molar-refractivity contribution is -0.0361. The van der Waals surface area contributed by atoms with Crippen molar-refractivity contribution in [2.45, 2.75) is 57.9 Å². The Morgan fingerprint density at radius 3 is 2.62 bits per heavy atom. The molecule has 0 radical (unpaired) electrons. The molecule has 0 unspecified atom stereocenters. The van der Waals surface area contributed by atoms with Gasteiger partial charge < -0.3 is 14.6 Å². The Morgan fingerprint density at radius 2 is 1.96 bits per heavy atom. The number of carbonyl (C=O) groups is 1. The molecular weight excluding hydrogens is 306 g/mol. The summed E-state index contributed by atoms with van der Waals surface area (Å²) < 4.78 is 10.7. The van der Waals surface area contributed by atoms with Gasteiger partial charge in [0.05, 0.1) is 18.9 Å². The van der Waals surface area contributed by atoms with E-state index in [1.54, 1.807) is 6.92 Å². The third kappa shape index (κ3) is 3.49. The molecule has 1 aliphatic carbocycles. The highest BCUT2D eigenvalue weighted by atomic mass is 16.5. The predicted molar refractivity (Wildman–Crippen MR) is 91.2 cm³/mol. The lowest BCUT2D eigenvalue weighted by Crippen LogP contribution is -2.59. The number of hydrogen-bond acceptors (Lipinski definition) is 5. The second kappa shape index (κ2) is 7.66. The molecule has 1 aromatic rings. The van der Waals surface area contributed by atoms with E-state index in [0.717, 1.165) is 44.8 Å². The number of morpholine rings is 1. The van der Waals surface area contributed by atoms with Crippen LogP contribution in [0.25, 0.3) is 0 Å². The van der Waals surface area contributed by atoms with Crippen molar-refractivity contribution in [1.82, 2.24) is 15.4 Å². The number of ether oxygens (including phenoxy) is 1. The molecule has 0 bridgehead atoms. The zero-order valence-electron chi connectivity index (χ0n) is 14.9. The Kier molecular flexibility index (Phi) is 5.56. The minimum Gasteiger partial charge on any atom is -0.379 e. The normalized spacial score (nSPS) is 21.6. The van der Waals surface area contributed by atoms with Crippen LogP contribution in [-0.2, 0) is 11.2 Å². The Morgan fingerprint density at radius 1 is 1.25 bits per heavy atom. The van der Waals surface area contributed by atoms with Crippen molar-refractivity contribution in [3.8, 4) is 0 Å². The van der Waals surface area contributed by atoms with Crippen LogP contribution < -0.4 is 5.32 Å². The molecule has 3 rings (SSSR count). The number of amides is 1. The summed E-state index contributed by atoms with van der Waals surface area (Å²) in [5.41, 5.74) is 1.44. The highest BCUT2D eigenvalue weighted by Gasteiger charge is 2.39. The predicted octanol–water partition coefficient (Wildman–Crippen LogP) is 2.31. The van der Waals surface area contributed by atoms with Gasteiger partial charge in [-0.2, -0.15) is 0 Å². The highest BCUT2D eigenvalue weighted by Crippen LogP contribution is 2.34. The molecule has 2 fully saturated rings. The lowest BCUT2D eigenvalue weighted by Gasteiger charge is -2.48. The molecule has 0 atom stereocenters. The van der Waals surface area contributed by atoms with Gasteiger partial charge >= 0.3 is 0 Å². The summed E-state index contributed by atoms with van der Waals surface area (Å²) in [6.45, 7) is 8.00. The Bertz CT molecular complexity index is 558. The average Bonchev–Trinajstić information content (AvgIpc) is 3.02. The highest BCUT2D eigenvalue weighted by molar-refractivity contribution is 5.96. The number of rotatable bonds is 5. The second-order valence-corrected chi connectivity index (χ2v) is 6.98. The summed E-state index contributed by atoms with van der Waals surface area (Å²) in [4.78, 5) is 15.3. The molecule has 134 valence electrons. The Balaban J connectivity index is 1.71. The number of aryl methyl sites for hydroxylation is 2. The van der Waals surface area contributed by atoms with Gasteiger partial charge in [0.2, 0.25) is 0 Å². The molecule has 1 saturated carbocycles. The van der Waals surface area contributed by atoms with Gasteiger partial charge in [-0.05, 0) is 26.2 Å². The van der Waals surface area contributed by atoms with Crippen molar-refractivity contribution >= 4 is 5.91 Å². The van der Waals surface area contributed by atoms with Gasteiger partial charge in [-0.25, -0.2) is 0 Å². The van der Waals surface area contributed by atoms with Crippen LogP contribution in [0.4, 0.5) is 0 Å². The molecule has 1 amide bonds. The summed E-state index contributed by atoms with van der Waals surface area (Å²) >= 11 is 0. The Hall–Kier alpha value is -1.40. The maximum Gasteiger partial charge on any atom is 0.256 e. The van der Waals surface area contributed by atoms with E-state index in [2.05, 4.69) is 15.4 Å². The molecule has 24 heavy (non-hydrogen) atoms. The number of carbonyl (C=O) groups excluding carboxylic acids is 1. The zero-order chi connectivity index (χ0) is 17.0. The minimum absolute atomic E-state index is 0.0520. The standard InChI is InChI=1S/C18H29N3O3/c1-3-15-16(14(2)24-20-15)17(22)19-13-18(7-5-4-6-8-18)21-9-11-23-12-10-21/h3-13H2,1-2H3,(H,19,22). The van der Waals surface area contributed by atoms with Crippen LogP contribution in [-0.4, -0.2) is 54.4 Å². The first kappa shape index (κ1) is 17.4. The number of aromatic nitrogens is 1. The summed E-state index contributed by atoms with van der Waals surface area (Å²) in [6, 6.07) is 0. The molecule has 6 heteroatoms. The van der Waals surface area contributed by atoms with E-state index in [4.69, 9.17) is 9.26 Å². The lowest BCUT2D eigenvalue weighted by atomic mass is 9.79. The Labute approximate surface area is 143 Å². The van der Waals surface area contributed by atoms with Crippen LogP contribution in [0.5, 0.6) is 0 Å². The van der Waals surface area contributed by atoms with Crippen molar-refractivity contribution in [2.24, 2.45) is 0 Å². The van der Waals surface area contributed by atoms with Crippen LogP contribution in [0, 0.1) is 6.92 Å². The van der Waals surface area contributed by atoms with E-state index in [-0.39, 0.29) is 11.4 Å². The molecule has 6 nitrogen and oxygen atoms in total. The minimum atomic E-state index is -0.0520. The van der Waals surface area contributed by atoms with Crippen LogP contribution in [0.15, 0.2) is 4.52 Å². The maximum absolute atomic E-state index is 12.7. The number of nitrogens with zero attached hydrogens (tertiary/aromatic N) is 2. The first-order chi connectivity index (χ1) is 11.7.